The predicted octanol–water partition coefficient (Wildman–Crippen LogP) is 2.61. The number of hydrogen-bond acceptors (Lipinski definition) is 4. The first kappa shape index (κ1) is 14.5. The highest BCUT2D eigenvalue weighted by atomic mass is 35.5. The van der Waals surface area contributed by atoms with Crippen LogP contribution in [0.15, 0.2) is 6.07 Å². The van der Waals surface area contributed by atoms with Crippen molar-refractivity contribution in [2.24, 2.45) is 0 Å². The van der Waals surface area contributed by atoms with Gasteiger partial charge in [-0.1, -0.05) is 18.5 Å². The highest BCUT2D eigenvalue weighted by Crippen LogP contribution is 2.37. The van der Waals surface area contributed by atoms with Gasteiger partial charge in [0, 0.05) is 31.6 Å². The molecule has 2 rings (SSSR count). The first-order valence-electron chi connectivity index (χ1n) is 6.89. The summed E-state index contributed by atoms with van der Waals surface area (Å²) in [5.41, 5.74) is 0.290. The number of hydrogen-bond donors (Lipinski definition) is 0. The number of halogens is 1. The van der Waals surface area contributed by atoms with Crippen LogP contribution in [-0.4, -0.2) is 48.1 Å². The largest absolute Gasteiger partial charge is 0.358 e. The second-order valence-corrected chi connectivity index (χ2v) is 6.03. The van der Waals surface area contributed by atoms with E-state index in [4.69, 9.17) is 11.6 Å². The summed E-state index contributed by atoms with van der Waals surface area (Å²) < 4.78 is 0. The van der Waals surface area contributed by atoms with Gasteiger partial charge in [0.25, 0.3) is 0 Å². The number of nitrogens with zero attached hydrogens (tertiary/aromatic N) is 4. The van der Waals surface area contributed by atoms with E-state index in [2.05, 4.69) is 40.9 Å². The van der Waals surface area contributed by atoms with E-state index in [0.29, 0.717) is 10.7 Å². The Balaban J connectivity index is 2.15. The minimum absolute atomic E-state index is 0.290. The highest BCUT2D eigenvalue weighted by Gasteiger charge is 2.40. The molecule has 0 atom stereocenters. The zero-order valence-electron chi connectivity index (χ0n) is 12.3. The topological polar surface area (TPSA) is 32.3 Å². The molecule has 0 aliphatic heterocycles. The Morgan fingerprint density at radius 2 is 1.95 bits per heavy atom. The summed E-state index contributed by atoms with van der Waals surface area (Å²) in [6.07, 6.45) is 4.63. The van der Waals surface area contributed by atoms with Crippen LogP contribution < -0.4 is 4.90 Å². The Morgan fingerprint density at radius 1 is 1.26 bits per heavy atom. The van der Waals surface area contributed by atoms with Crippen molar-refractivity contribution >= 4 is 17.4 Å². The van der Waals surface area contributed by atoms with Crippen LogP contribution in [0.4, 0.5) is 5.82 Å². The minimum atomic E-state index is 0.290. The van der Waals surface area contributed by atoms with Gasteiger partial charge in [-0.3, -0.25) is 0 Å². The molecule has 1 saturated carbocycles. The van der Waals surface area contributed by atoms with Crippen LogP contribution >= 0.6 is 11.6 Å². The first-order chi connectivity index (χ1) is 8.97. The zero-order chi connectivity index (χ0) is 14.0. The van der Waals surface area contributed by atoms with Gasteiger partial charge in [-0.25, -0.2) is 9.97 Å². The summed E-state index contributed by atoms with van der Waals surface area (Å²) in [7, 11) is 6.41. The molecule has 0 saturated heterocycles. The molecule has 106 valence electrons. The van der Waals surface area contributed by atoms with Crippen LogP contribution in [0.2, 0.25) is 5.15 Å². The molecule has 1 aromatic rings. The van der Waals surface area contributed by atoms with Crippen molar-refractivity contribution in [3.8, 4) is 0 Å². The number of likely N-dealkylation sites (N-methyl/N-ethyl adjacent to an activating group) is 2. The lowest BCUT2D eigenvalue weighted by atomic mass is 9.75. The van der Waals surface area contributed by atoms with E-state index in [1.165, 1.54) is 19.3 Å². The van der Waals surface area contributed by atoms with Gasteiger partial charge in [-0.15, -0.1) is 0 Å². The minimum Gasteiger partial charge on any atom is -0.358 e. The van der Waals surface area contributed by atoms with Crippen LogP contribution in [0, 0.1) is 0 Å². The molecule has 19 heavy (non-hydrogen) atoms. The van der Waals surface area contributed by atoms with Crippen LogP contribution in [0.1, 0.15) is 32.0 Å². The molecule has 1 aromatic heterocycles. The van der Waals surface area contributed by atoms with Gasteiger partial charge in [-0.2, -0.15) is 0 Å². The van der Waals surface area contributed by atoms with Gasteiger partial charge in [0.2, 0.25) is 0 Å². The highest BCUT2D eigenvalue weighted by molar-refractivity contribution is 6.29. The van der Waals surface area contributed by atoms with Crippen molar-refractivity contribution < 1.29 is 0 Å². The number of anilines is 1. The van der Waals surface area contributed by atoms with E-state index in [1.807, 2.05) is 13.0 Å². The molecule has 1 heterocycles. The molecule has 1 aliphatic rings. The van der Waals surface area contributed by atoms with Crippen molar-refractivity contribution in [3.05, 3.63) is 17.0 Å². The Hall–Kier alpha value is -0.870. The maximum absolute atomic E-state index is 6.07. The van der Waals surface area contributed by atoms with Crippen molar-refractivity contribution in [2.75, 3.05) is 32.6 Å². The maximum Gasteiger partial charge on any atom is 0.134 e. The van der Waals surface area contributed by atoms with E-state index >= 15 is 0 Å². The molecule has 0 spiro atoms. The smallest absolute Gasteiger partial charge is 0.134 e. The number of aromatic nitrogens is 2. The summed E-state index contributed by atoms with van der Waals surface area (Å²) >= 11 is 6.07. The summed E-state index contributed by atoms with van der Waals surface area (Å²) in [5.74, 6) is 1.73. The van der Waals surface area contributed by atoms with E-state index < -0.39 is 0 Å². The lowest BCUT2D eigenvalue weighted by Gasteiger charge is -2.49. The predicted molar refractivity (Wildman–Crippen MR) is 80.0 cm³/mol. The molecule has 0 bridgehead atoms. The fraction of sp³-hybridized carbons (Fsp3) is 0.714. The van der Waals surface area contributed by atoms with E-state index in [9.17, 15) is 0 Å². The van der Waals surface area contributed by atoms with Gasteiger partial charge in [-0.05, 0) is 33.4 Å². The standard InChI is InChI=1S/C14H23ClN4/c1-5-12-16-11(15)9-13(17-12)19(4)10-14(18(2)3)7-6-8-14/h9H,5-8,10H2,1-4H3. The summed E-state index contributed by atoms with van der Waals surface area (Å²) in [4.78, 5) is 13.3. The number of rotatable bonds is 5. The normalized spacial score (nSPS) is 17.4. The first-order valence-corrected chi connectivity index (χ1v) is 7.27. The van der Waals surface area contributed by atoms with Crippen LogP contribution in [0.3, 0.4) is 0 Å². The van der Waals surface area contributed by atoms with Gasteiger partial charge < -0.3 is 9.80 Å². The van der Waals surface area contributed by atoms with Crippen molar-refractivity contribution in [2.45, 2.75) is 38.1 Å². The van der Waals surface area contributed by atoms with E-state index in [1.54, 1.807) is 0 Å². The van der Waals surface area contributed by atoms with Crippen molar-refractivity contribution in [3.63, 3.8) is 0 Å². The number of aryl methyl sites for hydroxylation is 1. The molecule has 5 heteroatoms. The molecule has 1 fully saturated rings. The molecule has 0 unspecified atom stereocenters. The molecular formula is C14H23ClN4. The zero-order valence-corrected chi connectivity index (χ0v) is 13.0. The molecule has 0 amide bonds. The average molecular weight is 283 g/mol. The lowest BCUT2D eigenvalue weighted by Crippen LogP contribution is -2.56. The second kappa shape index (κ2) is 5.63. The summed E-state index contributed by atoms with van der Waals surface area (Å²) in [6, 6.07) is 1.85. The Kier molecular flexibility index (Phi) is 4.31. The Morgan fingerprint density at radius 3 is 2.42 bits per heavy atom. The molecule has 0 N–H and O–H groups in total. The molecule has 0 radical (unpaired) electrons. The third kappa shape index (κ3) is 3.00. The van der Waals surface area contributed by atoms with Gasteiger partial charge >= 0.3 is 0 Å². The second-order valence-electron chi connectivity index (χ2n) is 5.65. The maximum atomic E-state index is 6.07. The van der Waals surface area contributed by atoms with E-state index in [0.717, 1.165) is 24.6 Å². The quantitative estimate of drug-likeness (QED) is 0.777. The van der Waals surface area contributed by atoms with Gasteiger partial charge in [0.15, 0.2) is 0 Å². The average Bonchev–Trinajstić information content (AvgIpc) is 2.32. The third-order valence-corrected chi connectivity index (χ3v) is 4.39. The Labute approximate surface area is 120 Å². The molecule has 0 aromatic carbocycles. The fourth-order valence-electron chi connectivity index (χ4n) is 2.66. The van der Waals surface area contributed by atoms with Crippen molar-refractivity contribution in [1.82, 2.24) is 14.9 Å². The van der Waals surface area contributed by atoms with Crippen LogP contribution in [0.25, 0.3) is 0 Å². The van der Waals surface area contributed by atoms with Crippen LogP contribution in [0.5, 0.6) is 0 Å². The monoisotopic (exact) mass is 282 g/mol. The molecule has 1 aliphatic carbocycles. The van der Waals surface area contributed by atoms with Gasteiger partial charge in [0.1, 0.15) is 16.8 Å². The van der Waals surface area contributed by atoms with Crippen LogP contribution in [-0.2, 0) is 6.42 Å². The fourth-order valence-corrected chi connectivity index (χ4v) is 2.85. The molecule has 4 nitrogen and oxygen atoms in total. The van der Waals surface area contributed by atoms with Gasteiger partial charge in [0.05, 0.1) is 0 Å². The Bertz CT molecular complexity index is 443. The SMILES string of the molecule is CCc1nc(Cl)cc(N(C)CC2(N(C)C)CCC2)n1. The summed E-state index contributed by atoms with van der Waals surface area (Å²) in [5, 5.41) is 0.529. The third-order valence-electron chi connectivity index (χ3n) is 4.20. The summed E-state index contributed by atoms with van der Waals surface area (Å²) in [6.45, 7) is 3.03. The molecular weight excluding hydrogens is 260 g/mol. The van der Waals surface area contributed by atoms with Crippen molar-refractivity contribution in [1.29, 1.82) is 0 Å². The van der Waals surface area contributed by atoms with E-state index in [-0.39, 0.29) is 0 Å². The lowest BCUT2D eigenvalue weighted by molar-refractivity contribution is 0.0681.